The number of allylic oxidation sites excluding steroid dienone is 1. The first-order valence-corrected chi connectivity index (χ1v) is 4.96. The fourth-order valence-electron chi connectivity index (χ4n) is 0.583. The highest BCUT2D eigenvalue weighted by Crippen LogP contribution is 2.19. The van der Waals surface area contributed by atoms with Crippen LogP contribution in [0.25, 0.3) is 0 Å². The van der Waals surface area contributed by atoms with Gasteiger partial charge in [-0.1, -0.05) is 51.3 Å². The summed E-state index contributed by atoms with van der Waals surface area (Å²) < 4.78 is 0. The van der Waals surface area contributed by atoms with E-state index in [1.807, 2.05) is 6.08 Å². The summed E-state index contributed by atoms with van der Waals surface area (Å²) in [5.74, 6) is 0. The first-order valence-electron chi connectivity index (χ1n) is 3.13. The molecule has 0 aliphatic rings. The molecule has 54 valence electrons. The Morgan fingerprint density at radius 3 is 2.44 bits per heavy atom. The molecule has 0 aliphatic carbocycles. The van der Waals surface area contributed by atoms with Crippen LogP contribution in [0.2, 0.25) is 0 Å². The van der Waals surface area contributed by atoms with Crippen LogP contribution < -0.4 is 0 Å². The lowest BCUT2D eigenvalue weighted by Crippen LogP contribution is -2.09. The molecule has 2 unspecified atom stereocenters. The van der Waals surface area contributed by atoms with Crippen LogP contribution in [0.4, 0.5) is 0 Å². The van der Waals surface area contributed by atoms with E-state index in [0.717, 1.165) is 0 Å². The zero-order valence-corrected chi connectivity index (χ0v) is 8.78. The molecule has 0 N–H and O–H groups in total. The second kappa shape index (κ2) is 5.48. The number of alkyl halides is 2. The molecule has 0 amide bonds. The smallest absolute Gasteiger partial charge is 0.0448 e. The first-order chi connectivity index (χ1) is 4.22. The van der Waals surface area contributed by atoms with Crippen LogP contribution in [-0.4, -0.2) is 9.65 Å². The van der Waals surface area contributed by atoms with Crippen molar-refractivity contribution in [3.05, 3.63) is 12.7 Å². The third kappa shape index (κ3) is 4.15. The fourth-order valence-corrected chi connectivity index (χ4v) is 1.52. The SMILES string of the molecule is C=CC(Br)C(Br)CCC. The Hall–Kier alpha value is 0.700. The minimum atomic E-state index is 0.414. The van der Waals surface area contributed by atoms with E-state index < -0.39 is 0 Å². The molecule has 0 heterocycles. The van der Waals surface area contributed by atoms with E-state index in [1.165, 1.54) is 12.8 Å². The van der Waals surface area contributed by atoms with Crippen molar-refractivity contribution in [1.82, 2.24) is 0 Å². The van der Waals surface area contributed by atoms with Crippen LogP contribution in [0.3, 0.4) is 0 Å². The van der Waals surface area contributed by atoms with E-state index in [0.29, 0.717) is 9.65 Å². The van der Waals surface area contributed by atoms with Crippen LogP contribution in [0.5, 0.6) is 0 Å². The maximum Gasteiger partial charge on any atom is 0.0448 e. The van der Waals surface area contributed by atoms with Crippen molar-refractivity contribution >= 4 is 31.9 Å². The van der Waals surface area contributed by atoms with Gasteiger partial charge in [0.2, 0.25) is 0 Å². The monoisotopic (exact) mass is 254 g/mol. The Labute approximate surface area is 74.0 Å². The Bertz CT molecular complexity index is 81.0. The summed E-state index contributed by atoms with van der Waals surface area (Å²) in [4.78, 5) is 0.956. The van der Waals surface area contributed by atoms with Crippen LogP contribution in [-0.2, 0) is 0 Å². The number of halogens is 2. The van der Waals surface area contributed by atoms with Crippen molar-refractivity contribution in [2.24, 2.45) is 0 Å². The quantitative estimate of drug-likeness (QED) is 0.533. The molecule has 0 bridgehead atoms. The van der Waals surface area contributed by atoms with E-state index in [-0.39, 0.29) is 0 Å². The van der Waals surface area contributed by atoms with Gasteiger partial charge in [-0.2, -0.15) is 0 Å². The van der Waals surface area contributed by atoms with Gasteiger partial charge in [0, 0.05) is 9.65 Å². The molecular weight excluding hydrogens is 244 g/mol. The van der Waals surface area contributed by atoms with Gasteiger partial charge >= 0.3 is 0 Å². The van der Waals surface area contributed by atoms with Gasteiger partial charge in [-0.25, -0.2) is 0 Å². The van der Waals surface area contributed by atoms with Gasteiger partial charge in [-0.15, -0.1) is 6.58 Å². The third-order valence-electron chi connectivity index (χ3n) is 1.14. The van der Waals surface area contributed by atoms with Gasteiger partial charge in [0.15, 0.2) is 0 Å². The zero-order valence-electron chi connectivity index (χ0n) is 5.61. The average molecular weight is 256 g/mol. The standard InChI is InChI=1S/C7H12Br2/c1-3-5-7(9)6(8)4-2/h4,6-7H,2-3,5H2,1H3. The van der Waals surface area contributed by atoms with E-state index >= 15 is 0 Å². The predicted molar refractivity (Wildman–Crippen MR) is 50.5 cm³/mol. The molecule has 0 aliphatic heterocycles. The highest BCUT2D eigenvalue weighted by molar-refractivity contribution is 9.12. The summed E-state index contributed by atoms with van der Waals surface area (Å²) in [7, 11) is 0. The van der Waals surface area contributed by atoms with Crippen molar-refractivity contribution in [2.45, 2.75) is 29.4 Å². The Balaban J connectivity index is 3.44. The van der Waals surface area contributed by atoms with Gasteiger partial charge in [0.25, 0.3) is 0 Å². The molecule has 0 nitrogen and oxygen atoms in total. The van der Waals surface area contributed by atoms with E-state index in [2.05, 4.69) is 45.4 Å². The molecule has 0 aromatic rings. The van der Waals surface area contributed by atoms with Crippen LogP contribution in [0.1, 0.15) is 19.8 Å². The van der Waals surface area contributed by atoms with Gasteiger partial charge in [-0.05, 0) is 6.42 Å². The van der Waals surface area contributed by atoms with Crippen molar-refractivity contribution in [2.75, 3.05) is 0 Å². The minimum Gasteiger partial charge on any atom is -0.102 e. The Morgan fingerprint density at radius 2 is 2.11 bits per heavy atom. The van der Waals surface area contributed by atoms with Crippen molar-refractivity contribution in [1.29, 1.82) is 0 Å². The van der Waals surface area contributed by atoms with Gasteiger partial charge in [0.05, 0.1) is 0 Å². The molecule has 2 atom stereocenters. The maximum absolute atomic E-state index is 3.69. The van der Waals surface area contributed by atoms with Crippen molar-refractivity contribution in [3.8, 4) is 0 Å². The number of rotatable bonds is 4. The molecular formula is C7H12Br2. The van der Waals surface area contributed by atoms with E-state index in [4.69, 9.17) is 0 Å². The van der Waals surface area contributed by atoms with E-state index in [1.54, 1.807) is 0 Å². The largest absolute Gasteiger partial charge is 0.102 e. The molecule has 0 rings (SSSR count). The lowest BCUT2D eigenvalue weighted by Gasteiger charge is -2.10. The summed E-state index contributed by atoms with van der Waals surface area (Å²) in [6.45, 7) is 5.86. The Morgan fingerprint density at radius 1 is 1.56 bits per heavy atom. The normalized spacial score (nSPS) is 16.8. The van der Waals surface area contributed by atoms with Crippen LogP contribution in [0, 0.1) is 0 Å². The number of hydrogen-bond donors (Lipinski definition) is 0. The molecule has 0 radical (unpaired) electrons. The second-order valence-electron chi connectivity index (χ2n) is 1.98. The highest BCUT2D eigenvalue weighted by atomic mass is 79.9. The van der Waals surface area contributed by atoms with Crippen LogP contribution in [0.15, 0.2) is 12.7 Å². The minimum absolute atomic E-state index is 0.414. The molecule has 0 aromatic carbocycles. The Kier molecular flexibility index (Phi) is 5.91. The van der Waals surface area contributed by atoms with Gasteiger partial charge in [0.1, 0.15) is 0 Å². The average Bonchev–Trinajstić information content (AvgIpc) is 1.87. The third-order valence-corrected chi connectivity index (χ3v) is 3.88. The number of hydrogen-bond acceptors (Lipinski definition) is 0. The molecule has 0 aromatic heterocycles. The lowest BCUT2D eigenvalue weighted by atomic mass is 10.2. The molecule has 0 fully saturated rings. The molecule has 0 spiro atoms. The summed E-state index contributed by atoms with van der Waals surface area (Å²) in [6, 6.07) is 0. The molecule has 0 saturated heterocycles. The van der Waals surface area contributed by atoms with Crippen molar-refractivity contribution in [3.63, 3.8) is 0 Å². The summed E-state index contributed by atoms with van der Waals surface area (Å²) >= 11 is 7.02. The second-order valence-corrected chi connectivity index (χ2v) is 4.22. The lowest BCUT2D eigenvalue weighted by molar-refractivity contribution is 0.770. The first kappa shape index (κ1) is 9.70. The van der Waals surface area contributed by atoms with Gasteiger partial charge in [-0.3, -0.25) is 0 Å². The van der Waals surface area contributed by atoms with Crippen LogP contribution >= 0.6 is 31.9 Å². The molecule has 0 saturated carbocycles. The fraction of sp³-hybridized carbons (Fsp3) is 0.714. The van der Waals surface area contributed by atoms with E-state index in [9.17, 15) is 0 Å². The molecule has 9 heavy (non-hydrogen) atoms. The van der Waals surface area contributed by atoms with Gasteiger partial charge < -0.3 is 0 Å². The maximum atomic E-state index is 3.69. The highest BCUT2D eigenvalue weighted by Gasteiger charge is 2.09. The molecule has 2 heteroatoms. The summed E-state index contributed by atoms with van der Waals surface area (Å²) in [5, 5.41) is 0. The predicted octanol–water partition coefficient (Wildman–Crippen LogP) is 3.50. The summed E-state index contributed by atoms with van der Waals surface area (Å²) in [5.41, 5.74) is 0. The topological polar surface area (TPSA) is 0 Å². The zero-order chi connectivity index (χ0) is 7.28. The summed E-state index contributed by atoms with van der Waals surface area (Å²) in [6.07, 6.45) is 4.32. The van der Waals surface area contributed by atoms with Crippen molar-refractivity contribution < 1.29 is 0 Å².